The van der Waals surface area contributed by atoms with Crippen LogP contribution in [0.5, 0.6) is 5.75 Å². The molecule has 4 rings (SSSR count). The molecule has 0 atom stereocenters. The van der Waals surface area contributed by atoms with Crippen molar-refractivity contribution in [2.45, 2.75) is 25.8 Å². The lowest BCUT2D eigenvalue weighted by Crippen LogP contribution is -2.48. The van der Waals surface area contributed by atoms with Gasteiger partial charge in [-0.05, 0) is 35.7 Å². The highest BCUT2D eigenvalue weighted by atomic mass is 16.5. The Morgan fingerprint density at radius 1 is 1.10 bits per heavy atom. The van der Waals surface area contributed by atoms with Gasteiger partial charge in [-0.15, -0.1) is 0 Å². The largest absolute Gasteiger partial charge is 0.493 e. The fraction of sp³-hybridized carbons (Fsp3) is 0.455. The molecule has 7 heteroatoms. The summed E-state index contributed by atoms with van der Waals surface area (Å²) in [5.41, 5.74) is 2.61. The Balaban J connectivity index is 1.14. The lowest BCUT2D eigenvalue weighted by atomic mass is 10.1. The molecule has 1 fully saturated rings. The Morgan fingerprint density at radius 2 is 1.97 bits per heavy atom. The number of nitrogens with one attached hydrogen (secondary N) is 1. The number of ether oxygens (including phenoxy) is 1. The summed E-state index contributed by atoms with van der Waals surface area (Å²) in [7, 11) is 0. The normalized spacial score (nSPS) is 16.3. The summed E-state index contributed by atoms with van der Waals surface area (Å²) in [6.45, 7) is 5.44. The molecule has 2 aliphatic rings. The van der Waals surface area contributed by atoms with E-state index < -0.39 is 0 Å². The average Bonchev–Trinajstić information content (AvgIpc) is 3.43. The van der Waals surface area contributed by atoms with Crippen LogP contribution < -0.4 is 10.1 Å². The number of piperazine rings is 1. The molecule has 1 N–H and O–H groups in total. The van der Waals surface area contributed by atoms with E-state index in [2.05, 4.69) is 28.4 Å². The number of fused-ring (bicyclic) bond motifs is 1. The van der Waals surface area contributed by atoms with E-state index in [1.165, 1.54) is 17.4 Å². The quantitative estimate of drug-likeness (QED) is 0.724. The standard InChI is InChI=1S/C22H27N3O4/c26-21(4-1-8-23-22(27)20-3-2-13-28-20)25-11-9-24(10-12-25)16-17-5-6-19-18(15-17)7-14-29-19/h2-3,5-6,13,15H,1,4,7-12,14,16H2,(H,23,27). The first kappa shape index (κ1) is 19.5. The van der Waals surface area contributed by atoms with Crippen molar-refractivity contribution in [1.29, 1.82) is 0 Å². The van der Waals surface area contributed by atoms with Crippen LogP contribution in [0.1, 0.15) is 34.5 Å². The first-order valence-electron chi connectivity index (χ1n) is 10.3. The van der Waals surface area contributed by atoms with E-state index >= 15 is 0 Å². The van der Waals surface area contributed by atoms with Gasteiger partial charge in [0.15, 0.2) is 5.76 Å². The summed E-state index contributed by atoms with van der Waals surface area (Å²) < 4.78 is 10.6. The van der Waals surface area contributed by atoms with Crippen molar-refractivity contribution in [3.05, 3.63) is 53.5 Å². The number of rotatable bonds is 7. The van der Waals surface area contributed by atoms with Crippen molar-refractivity contribution in [3.63, 3.8) is 0 Å². The van der Waals surface area contributed by atoms with E-state index in [-0.39, 0.29) is 11.8 Å². The number of carbonyl (C=O) groups is 2. The van der Waals surface area contributed by atoms with E-state index in [0.717, 1.165) is 51.5 Å². The maximum Gasteiger partial charge on any atom is 0.286 e. The zero-order chi connectivity index (χ0) is 20.1. The number of benzene rings is 1. The molecule has 1 aromatic heterocycles. The molecular formula is C22H27N3O4. The van der Waals surface area contributed by atoms with Gasteiger partial charge in [0.2, 0.25) is 5.91 Å². The lowest BCUT2D eigenvalue weighted by molar-refractivity contribution is -0.133. The second kappa shape index (κ2) is 9.13. The van der Waals surface area contributed by atoms with Gasteiger partial charge < -0.3 is 19.4 Å². The molecule has 7 nitrogen and oxygen atoms in total. The van der Waals surface area contributed by atoms with Gasteiger partial charge in [0.25, 0.3) is 5.91 Å². The fourth-order valence-corrected chi connectivity index (χ4v) is 3.85. The van der Waals surface area contributed by atoms with Crippen LogP contribution in [-0.2, 0) is 17.8 Å². The topological polar surface area (TPSA) is 75.0 Å². The second-order valence-electron chi connectivity index (χ2n) is 7.53. The highest BCUT2D eigenvalue weighted by Gasteiger charge is 2.21. The summed E-state index contributed by atoms with van der Waals surface area (Å²) in [6, 6.07) is 9.76. The molecule has 0 unspecified atom stereocenters. The van der Waals surface area contributed by atoms with Crippen molar-refractivity contribution in [1.82, 2.24) is 15.1 Å². The second-order valence-corrected chi connectivity index (χ2v) is 7.53. The number of hydrogen-bond acceptors (Lipinski definition) is 5. The van der Waals surface area contributed by atoms with Gasteiger partial charge in [-0.25, -0.2) is 0 Å². The van der Waals surface area contributed by atoms with Crippen LogP contribution in [-0.4, -0.2) is 60.9 Å². The van der Waals surface area contributed by atoms with Crippen molar-refractivity contribution < 1.29 is 18.7 Å². The first-order chi connectivity index (χ1) is 14.2. The summed E-state index contributed by atoms with van der Waals surface area (Å²) in [4.78, 5) is 28.5. The molecule has 2 aliphatic heterocycles. The summed E-state index contributed by atoms with van der Waals surface area (Å²) in [6.07, 6.45) is 3.54. The molecule has 2 amide bonds. The Morgan fingerprint density at radius 3 is 2.76 bits per heavy atom. The highest BCUT2D eigenvalue weighted by Crippen LogP contribution is 2.26. The van der Waals surface area contributed by atoms with Crippen molar-refractivity contribution in [2.24, 2.45) is 0 Å². The first-order valence-corrected chi connectivity index (χ1v) is 10.3. The predicted octanol–water partition coefficient (Wildman–Crippen LogP) is 2.07. The molecule has 2 aromatic rings. The third kappa shape index (κ3) is 4.98. The summed E-state index contributed by atoms with van der Waals surface area (Å²) >= 11 is 0. The van der Waals surface area contributed by atoms with Crippen molar-refractivity contribution in [3.8, 4) is 5.75 Å². The number of furan rings is 1. The van der Waals surface area contributed by atoms with Gasteiger partial charge >= 0.3 is 0 Å². The van der Waals surface area contributed by atoms with Crippen LogP contribution in [0.25, 0.3) is 0 Å². The molecule has 0 bridgehead atoms. The monoisotopic (exact) mass is 397 g/mol. The Kier molecular flexibility index (Phi) is 6.14. The van der Waals surface area contributed by atoms with Crippen LogP contribution in [0.4, 0.5) is 0 Å². The molecule has 0 saturated carbocycles. The highest BCUT2D eigenvalue weighted by molar-refractivity contribution is 5.91. The molecule has 1 saturated heterocycles. The molecule has 3 heterocycles. The zero-order valence-corrected chi connectivity index (χ0v) is 16.6. The predicted molar refractivity (Wildman–Crippen MR) is 108 cm³/mol. The van der Waals surface area contributed by atoms with E-state index in [4.69, 9.17) is 9.15 Å². The zero-order valence-electron chi connectivity index (χ0n) is 16.6. The minimum atomic E-state index is -0.241. The smallest absolute Gasteiger partial charge is 0.286 e. The van der Waals surface area contributed by atoms with Gasteiger partial charge in [-0.1, -0.05) is 12.1 Å². The van der Waals surface area contributed by atoms with Gasteiger partial charge in [-0.3, -0.25) is 14.5 Å². The van der Waals surface area contributed by atoms with Crippen LogP contribution in [0.15, 0.2) is 41.0 Å². The third-order valence-corrected chi connectivity index (χ3v) is 5.48. The maximum absolute atomic E-state index is 12.4. The van der Waals surface area contributed by atoms with Crippen molar-refractivity contribution >= 4 is 11.8 Å². The number of amides is 2. The molecule has 0 aliphatic carbocycles. The fourth-order valence-electron chi connectivity index (χ4n) is 3.85. The van der Waals surface area contributed by atoms with Crippen LogP contribution >= 0.6 is 0 Å². The minimum Gasteiger partial charge on any atom is -0.493 e. The minimum absolute atomic E-state index is 0.159. The van der Waals surface area contributed by atoms with Gasteiger partial charge in [0.1, 0.15) is 5.75 Å². The number of nitrogens with zero attached hydrogens (tertiary/aromatic N) is 2. The van der Waals surface area contributed by atoms with Gasteiger partial charge in [0.05, 0.1) is 12.9 Å². The Hall–Kier alpha value is -2.80. The average molecular weight is 397 g/mol. The van der Waals surface area contributed by atoms with E-state index in [9.17, 15) is 9.59 Å². The van der Waals surface area contributed by atoms with E-state index in [0.29, 0.717) is 25.1 Å². The molecule has 1 aromatic carbocycles. The molecular weight excluding hydrogens is 370 g/mol. The van der Waals surface area contributed by atoms with Gasteiger partial charge in [0, 0.05) is 52.1 Å². The van der Waals surface area contributed by atoms with Gasteiger partial charge in [-0.2, -0.15) is 0 Å². The Bertz CT molecular complexity index is 842. The SMILES string of the molecule is O=C(NCCCC(=O)N1CCN(Cc2ccc3c(c2)CCO3)CC1)c1ccco1. The number of hydrogen-bond donors (Lipinski definition) is 1. The lowest BCUT2D eigenvalue weighted by Gasteiger charge is -2.35. The van der Waals surface area contributed by atoms with Crippen LogP contribution in [0, 0.1) is 0 Å². The Labute approximate surface area is 170 Å². The molecule has 154 valence electrons. The van der Waals surface area contributed by atoms with E-state index in [1.54, 1.807) is 12.1 Å². The van der Waals surface area contributed by atoms with Crippen LogP contribution in [0.3, 0.4) is 0 Å². The number of carbonyl (C=O) groups excluding carboxylic acids is 2. The molecule has 29 heavy (non-hydrogen) atoms. The maximum atomic E-state index is 12.4. The summed E-state index contributed by atoms with van der Waals surface area (Å²) in [5, 5.41) is 2.77. The van der Waals surface area contributed by atoms with E-state index in [1.807, 2.05) is 4.90 Å². The summed E-state index contributed by atoms with van der Waals surface area (Å²) in [5.74, 6) is 1.23. The molecule has 0 spiro atoms. The third-order valence-electron chi connectivity index (χ3n) is 5.48. The molecule has 0 radical (unpaired) electrons. The van der Waals surface area contributed by atoms with Crippen LogP contribution in [0.2, 0.25) is 0 Å². The van der Waals surface area contributed by atoms with Crippen molar-refractivity contribution in [2.75, 3.05) is 39.3 Å².